The summed E-state index contributed by atoms with van der Waals surface area (Å²) in [6.07, 6.45) is 3.49. The normalized spacial score (nSPS) is 9.20. The van der Waals surface area contributed by atoms with E-state index >= 15 is 0 Å². The van der Waals surface area contributed by atoms with E-state index in [1.54, 1.807) is 12.4 Å². The highest BCUT2D eigenvalue weighted by Gasteiger charge is 1.98. The first-order valence-corrected chi connectivity index (χ1v) is 4.69. The first-order chi connectivity index (χ1) is 6.29. The molecule has 82 valence electrons. The third-order valence-corrected chi connectivity index (χ3v) is 2.22. The van der Waals surface area contributed by atoms with E-state index in [-0.39, 0.29) is 24.8 Å². The topological polar surface area (TPSA) is 51.8 Å². The molecule has 2 aromatic heterocycles. The van der Waals surface area contributed by atoms with Crippen molar-refractivity contribution in [2.24, 2.45) is 5.73 Å². The minimum absolute atomic E-state index is 0. The summed E-state index contributed by atoms with van der Waals surface area (Å²) in [6.45, 7) is 0.509. The Morgan fingerprint density at radius 1 is 1.13 bits per heavy atom. The Bertz CT molecular complexity index is 450. The zero-order valence-corrected chi connectivity index (χ0v) is 10.9. The van der Waals surface area contributed by atoms with Gasteiger partial charge >= 0.3 is 0 Å². The van der Waals surface area contributed by atoms with Gasteiger partial charge in [-0.2, -0.15) is 0 Å². The van der Waals surface area contributed by atoms with Crippen molar-refractivity contribution in [3.05, 3.63) is 34.6 Å². The van der Waals surface area contributed by atoms with Crippen LogP contribution in [0.4, 0.5) is 0 Å². The van der Waals surface area contributed by atoms with Gasteiger partial charge in [-0.25, -0.2) is 9.97 Å². The minimum atomic E-state index is 0. The Labute approximate surface area is 108 Å². The van der Waals surface area contributed by atoms with E-state index in [4.69, 9.17) is 5.73 Å². The van der Waals surface area contributed by atoms with Crippen molar-refractivity contribution < 1.29 is 0 Å². The molecule has 2 aromatic rings. The second-order valence-electron chi connectivity index (χ2n) is 2.75. The van der Waals surface area contributed by atoms with Crippen LogP contribution in [0, 0.1) is 0 Å². The van der Waals surface area contributed by atoms with Crippen LogP contribution >= 0.6 is 40.7 Å². The van der Waals surface area contributed by atoms with Gasteiger partial charge in [0.05, 0.1) is 0 Å². The highest BCUT2D eigenvalue weighted by Crippen LogP contribution is 2.16. The van der Waals surface area contributed by atoms with Crippen LogP contribution in [0.1, 0.15) is 5.56 Å². The van der Waals surface area contributed by atoms with E-state index in [2.05, 4.69) is 25.9 Å². The van der Waals surface area contributed by atoms with Gasteiger partial charge in [0.25, 0.3) is 0 Å². The number of hydrogen-bond donors (Lipinski definition) is 1. The van der Waals surface area contributed by atoms with E-state index in [1.165, 1.54) is 0 Å². The number of halogens is 3. The van der Waals surface area contributed by atoms with Crippen molar-refractivity contribution >= 4 is 51.8 Å². The monoisotopic (exact) mass is 309 g/mol. The first kappa shape index (κ1) is 14.6. The number of fused-ring (bicyclic) bond motifs is 1. The number of nitrogens with zero attached hydrogens (tertiary/aromatic N) is 2. The first-order valence-electron chi connectivity index (χ1n) is 3.90. The van der Waals surface area contributed by atoms with Gasteiger partial charge in [-0.3, -0.25) is 0 Å². The van der Waals surface area contributed by atoms with Crippen molar-refractivity contribution in [3.8, 4) is 0 Å². The summed E-state index contributed by atoms with van der Waals surface area (Å²) in [4.78, 5) is 8.34. The summed E-state index contributed by atoms with van der Waals surface area (Å²) < 4.78 is 0.955. The lowest BCUT2D eigenvalue weighted by Gasteiger charge is -1.99. The van der Waals surface area contributed by atoms with Gasteiger partial charge < -0.3 is 5.73 Å². The van der Waals surface area contributed by atoms with Crippen molar-refractivity contribution in [3.63, 3.8) is 0 Å². The molecule has 0 saturated carbocycles. The molecule has 3 nitrogen and oxygen atoms in total. The van der Waals surface area contributed by atoms with Gasteiger partial charge in [0.2, 0.25) is 0 Å². The number of pyridine rings is 2. The van der Waals surface area contributed by atoms with Crippen LogP contribution in [0.2, 0.25) is 0 Å². The molecule has 2 rings (SSSR count). The Hall–Kier alpha value is -0.420. The quantitative estimate of drug-likeness (QED) is 0.881. The average Bonchev–Trinajstić information content (AvgIpc) is 2.16. The number of aromatic nitrogens is 2. The third-order valence-electron chi connectivity index (χ3n) is 1.79. The Balaban J connectivity index is 0.000000980. The van der Waals surface area contributed by atoms with Crippen molar-refractivity contribution in [2.75, 3.05) is 0 Å². The summed E-state index contributed by atoms with van der Waals surface area (Å²) in [6, 6.07) is 3.98. The fourth-order valence-electron chi connectivity index (χ4n) is 1.15. The largest absolute Gasteiger partial charge is 0.326 e. The fourth-order valence-corrected chi connectivity index (χ4v) is 1.50. The van der Waals surface area contributed by atoms with Crippen molar-refractivity contribution in [1.82, 2.24) is 9.97 Å². The van der Waals surface area contributed by atoms with Crippen LogP contribution in [-0.4, -0.2) is 9.97 Å². The van der Waals surface area contributed by atoms with Crippen molar-refractivity contribution in [2.45, 2.75) is 6.54 Å². The van der Waals surface area contributed by atoms with E-state index in [9.17, 15) is 0 Å². The standard InChI is InChI=1S/C9H8BrN3.2ClH/c10-8-2-7-1-6(3-11)4-12-9(7)13-5-8;;/h1-2,4-5H,3,11H2;2*1H. The molecule has 15 heavy (non-hydrogen) atoms. The molecular formula is C9H10BrCl2N3. The van der Waals surface area contributed by atoms with Crippen LogP contribution in [-0.2, 0) is 6.54 Å². The van der Waals surface area contributed by atoms with Crippen LogP contribution in [0.25, 0.3) is 11.0 Å². The van der Waals surface area contributed by atoms with Crippen LogP contribution < -0.4 is 5.73 Å². The zero-order valence-electron chi connectivity index (χ0n) is 7.68. The molecule has 0 spiro atoms. The van der Waals surface area contributed by atoms with Crippen molar-refractivity contribution in [1.29, 1.82) is 0 Å². The van der Waals surface area contributed by atoms with Crippen LogP contribution in [0.5, 0.6) is 0 Å². The second kappa shape index (κ2) is 6.23. The molecule has 2 heterocycles. The summed E-state index contributed by atoms with van der Waals surface area (Å²) in [7, 11) is 0. The molecule has 0 aliphatic carbocycles. The lowest BCUT2D eigenvalue weighted by Crippen LogP contribution is -1.97. The minimum Gasteiger partial charge on any atom is -0.326 e. The number of rotatable bonds is 1. The maximum absolute atomic E-state index is 5.51. The van der Waals surface area contributed by atoms with Gasteiger partial charge in [-0.15, -0.1) is 24.8 Å². The van der Waals surface area contributed by atoms with Gasteiger partial charge in [-0.05, 0) is 33.6 Å². The lowest BCUT2D eigenvalue weighted by molar-refractivity contribution is 1.05. The molecule has 0 saturated heterocycles. The van der Waals surface area contributed by atoms with E-state index < -0.39 is 0 Å². The smallest absolute Gasteiger partial charge is 0.159 e. The SMILES string of the molecule is Cl.Cl.NCc1cnc2ncc(Br)cc2c1. The van der Waals surface area contributed by atoms with E-state index in [0.717, 1.165) is 21.1 Å². The highest BCUT2D eigenvalue weighted by molar-refractivity contribution is 9.10. The maximum Gasteiger partial charge on any atom is 0.159 e. The average molecular weight is 311 g/mol. The molecule has 0 aliphatic rings. The van der Waals surface area contributed by atoms with Gasteiger partial charge in [0.15, 0.2) is 5.65 Å². The van der Waals surface area contributed by atoms with Gasteiger partial charge in [0, 0.05) is 28.8 Å². The predicted molar refractivity (Wildman–Crippen MR) is 69.6 cm³/mol. The molecule has 0 fully saturated rings. The summed E-state index contributed by atoms with van der Waals surface area (Å²) in [5.41, 5.74) is 7.28. The molecule has 0 aliphatic heterocycles. The van der Waals surface area contributed by atoms with Crippen LogP contribution in [0.3, 0.4) is 0 Å². The molecule has 6 heteroatoms. The highest BCUT2D eigenvalue weighted by atomic mass is 79.9. The number of nitrogens with two attached hydrogens (primary N) is 1. The molecule has 0 atom stereocenters. The Kier molecular flexibility index (Phi) is 6.05. The predicted octanol–water partition coefficient (Wildman–Crippen LogP) is 2.69. The molecule has 0 unspecified atom stereocenters. The molecular weight excluding hydrogens is 301 g/mol. The maximum atomic E-state index is 5.51. The lowest BCUT2D eigenvalue weighted by atomic mass is 10.2. The summed E-state index contributed by atoms with van der Waals surface area (Å²) >= 11 is 3.36. The molecule has 0 radical (unpaired) electrons. The fraction of sp³-hybridized carbons (Fsp3) is 0.111. The number of hydrogen-bond acceptors (Lipinski definition) is 3. The zero-order chi connectivity index (χ0) is 9.26. The summed E-state index contributed by atoms with van der Waals surface area (Å²) in [5.74, 6) is 0. The van der Waals surface area contributed by atoms with Gasteiger partial charge in [0.1, 0.15) is 0 Å². The summed E-state index contributed by atoms with van der Waals surface area (Å²) in [5, 5.41) is 1.01. The Morgan fingerprint density at radius 3 is 2.47 bits per heavy atom. The second-order valence-corrected chi connectivity index (χ2v) is 3.66. The molecule has 0 bridgehead atoms. The van der Waals surface area contributed by atoms with E-state index in [0.29, 0.717) is 6.54 Å². The molecule has 2 N–H and O–H groups in total. The van der Waals surface area contributed by atoms with Crippen LogP contribution in [0.15, 0.2) is 29.0 Å². The molecule has 0 amide bonds. The van der Waals surface area contributed by atoms with E-state index in [1.807, 2.05) is 12.1 Å². The Morgan fingerprint density at radius 2 is 1.80 bits per heavy atom. The third kappa shape index (κ3) is 3.28. The van der Waals surface area contributed by atoms with Gasteiger partial charge in [-0.1, -0.05) is 0 Å². The molecule has 0 aromatic carbocycles.